The van der Waals surface area contributed by atoms with Crippen molar-refractivity contribution in [2.45, 2.75) is 61.9 Å². The van der Waals surface area contributed by atoms with E-state index in [2.05, 4.69) is 6.07 Å². The molecule has 0 aromatic heterocycles. The zero-order valence-electron chi connectivity index (χ0n) is 21.7. The van der Waals surface area contributed by atoms with Gasteiger partial charge < -0.3 is 4.74 Å². The van der Waals surface area contributed by atoms with Crippen molar-refractivity contribution < 1.29 is 30.7 Å². The number of rotatable bonds is 6. The highest BCUT2D eigenvalue weighted by Gasteiger charge is 2.45. The number of alkyl halides is 3. The third-order valence-electron chi connectivity index (χ3n) is 7.94. The van der Waals surface area contributed by atoms with Crippen LogP contribution in [0.15, 0.2) is 66.7 Å². The van der Waals surface area contributed by atoms with Gasteiger partial charge in [0.05, 0.1) is 11.5 Å². The summed E-state index contributed by atoms with van der Waals surface area (Å²) in [6.07, 6.45) is -1.53. The largest absolute Gasteiger partial charge is 0.487 e. The molecule has 0 radical (unpaired) electrons. The average Bonchev–Trinajstić information content (AvgIpc) is 2.89. The van der Waals surface area contributed by atoms with Gasteiger partial charge in [0.2, 0.25) is 0 Å². The van der Waals surface area contributed by atoms with Gasteiger partial charge in [-0.3, -0.25) is 4.90 Å². The van der Waals surface area contributed by atoms with Gasteiger partial charge in [0, 0.05) is 13.1 Å². The quantitative estimate of drug-likeness (QED) is 0.314. The Morgan fingerprint density at radius 2 is 1.44 bits per heavy atom. The van der Waals surface area contributed by atoms with E-state index in [0.717, 1.165) is 35.3 Å². The number of benzene rings is 3. The summed E-state index contributed by atoms with van der Waals surface area (Å²) in [5.41, 5.74) is 3.81. The van der Waals surface area contributed by atoms with Crippen LogP contribution < -0.4 is 4.74 Å². The van der Waals surface area contributed by atoms with Crippen LogP contribution in [0.3, 0.4) is 0 Å². The predicted octanol–water partition coefficient (Wildman–Crippen LogP) is 6.72. The standard InChI is InChI=1S/C30H31F4NO3S/c1-21(30(32,33)34)35-16-14-29(15-17-35)13-12-26-18-25(8-11-28(26)38-29)24-6-2-22(3-7-24)19-39(36,37)20-23-4-9-27(31)10-5-23/h2-11,18,21H,12-17,19-20H2,1H3. The Bertz CT molecular complexity index is 1410. The van der Waals surface area contributed by atoms with Crippen molar-refractivity contribution in [2.24, 2.45) is 0 Å². The van der Waals surface area contributed by atoms with E-state index in [9.17, 15) is 26.0 Å². The number of sulfone groups is 1. The van der Waals surface area contributed by atoms with Gasteiger partial charge in [0.15, 0.2) is 9.84 Å². The molecule has 3 aromatic rings. The van der Waals surface area contributed by atoms with Crippen molar-refractivity contribution in [3.05, 3.63) is 89.2 Å². The number of piperidine rings is 1. The monoisotopic (exact) mass is 561 g/mol. The Morgan fingerprint density at radius 1 is 0.872 bits per heavy atom. The molecule has 208 valence electrons. The molecule has 4 nitrogen and oxygen atoms in total. The molecule has 2 heterocycles. The van der Waals surface area contributed by atoms with E-state index in [4.69, 9.17) is 4.74 Å². The highest BCUT2D eigenvalue weighted by atomic mass is 32.2. The average molecular weight is 562 g/mol. The molecule has 3 aromatic carbocycles. The molecule has 2 aliphatic rings. The second-order valence-electron chi connectivity index (χ2n) is 10.7. The lowest BCUT2D eigenvalue weighted by Crippen LogP contribution is -2.54. The molecule has 39 heavy (non-hydrogen) atoms. The van der Waals surface area contributed by atoms with Gasteiger partial charge in [0.25, 0.3) is 0 Å². The summed E-state index contributed by atoms with van der Waals surface area (Å²) in [6, 6.07) is 17.4. The molecule has 0 amide bonds. The number of halogens is 4. The highest BCUT2D eigenvalue weighted by molar-refractivity contribution is 7.89. The minimum absolute atomic E-state index is 0.107. The second kappa shape index (κ2) is 10.6. The van der Waals surface area contributed by atoms with Crippen molar-refractivity contribution in [3.8, 4) is 16.9 Å². The summed E-state index contributed by atoms with van der Waals surface area (Å²) in [5.74, 6) is 0.121. The Kier molecular flexibility index (Phi) is 7.50. The van der Waals surface area contributed by atoms with Crippen LogP contribution in [0.5, 0.6) is 5.75 Å². The van der Waals surface area contributed by atoms with Crippen LogP contribution in [0.2, 0.25) is 0 Å². The maximum absolute atomic E-state index is 13.1. The summed E-state index contributed by atoms with van der Waals surface area (Å²) < 4.78 is 84.1. The van der Waals surface area contributed by atoms with Gasteiger partial charge in [-0.25, -0.2) is 12.8 Å². The van der Waals surface area contributed by atoms with Crippen LogP contribution in [0.1, 0.15) is 42.9 Å². The summed E-state index contributed by atoms with van der Waals surface area (Å²) in [4.78, 5) is 1.49. The molecule has 0 saturated carbocycles. The van der Waals surface area contributed by atoms with Crippen LogP contribution in [0.25, 0.3) is 11.1 Å². The molecular formula is C30H31F4NO3S. The van der Waals surface area contributed by atoms with Crippen LogP contribution in [-0.4, -0.2) is 44.2 Å². The third kappa shape index (κ3) is 6.47. The Hall–Kier alpha value is -2.91. The molecule has 0 bridgehead atoms. The minimum Gasteiger partial charge on any atom is -0.487 e. The van der Waals surface area contributed by atoms with Crippen LogP contribution in [0.4, 0.5) is 17.6 Å². The number of aryl methyl sites for hydroxylation is 1. The summed E-state index contributed by atoms with van der Waals surface area (Å²) >= 11 is 0. The fraction of sp³-hybridized carbons (Fsp3) is 0.400. The number of fused-ring (bicyclic) bond motifs is 1. The summed E-state index contributed by atoms with van der Waals surface area (Å²) in [6.45, 7) is 1.94. The Morgan fingerprint density at radius 3 is 2.03 bits per heavy atom. The van der Waals surface area contributed by atoms with E-state index in [1.54, 1.807) is 12.1 Å². The Labute approximate surface area is 226 Å². The molecule has 1 atom stereocenters. The fourth-order valence-corrected chi connectivity index (χ4v) is 7.01. The first-order valence-corrected chi connectivity index (χ1v) is 14.9. The molecule has 1 spiro atoms. The van der Waals surface area contributed by atoms with Gasteiger partial charge in [-0.15, -0.1) is 0 Å². The number of hydrogen-bond acceptors (Lipinski definition) is 4. The molecular weight excluding hydrogens is 530 g/mol. The van der Waals surface area contributed by atoms with Gasteiger partial charge >= 0.3 is 6.18 Å². The first kappa shape index (κ1) is 27.6. The van der Waals surface area contributed by atoms with Gasteiger partial charge in [-0.1, -0.05) is 42.5 Å². The highest BCUT2D eigenvalue weighted by Crippen LogP contribution is 2.42. The van der Waals surface area contributed by atoms with Crippen molar-refractivity contribution in [2.75, 3.05) is 13.1 Å². The number of hydrogen-bond donors (Lipinski definition) is 0. The number of likely N-dealkylation sites (tertiary alicyclic amines) is 1. The molecule has 0 aliphatic carbocycles. The van der Waals surface area contributed by atoms with E-state index < -0.39 is 33.5 Å². The lowest BCUT2D eigenvalue weighted by molar-refractivity contribution is -0.186. The molecule has 0 N–H and O–H groups in total. The van der Waals surface area contributed by atoms with Gasteiger partial charge in [-0.2, -0.15) is 13.2 Å². The molecule has 5 rings (SSSR count). The zero-order chi connectivity index (χ0) is 27.8. The van der Waals surface area contributed by atoms with E-state index in [-0.39, 0.29) is 11.5 Å². The summed E-state index contributed by atoms with van der Waals surface area (Å²) in [5, 5.41) is 0. The molecule has 9 heteroatoms. The van der Waals surface area contributed by atoms with Crippen molar-refractivity contribution >= 4 is 9.84 Å². The van der Waals surface area contributed by atoms with Crippen molar-refractivity contribution in [1.82, 2.24) is 4.90 Å². The maximum atomic E-state index is 13.1. The van der Waals surface area contributed by atoms with Crippen LogP contribution >= 0.6 is 0 Å². The lowest BCUT2D eigenvalue weighted by Gasteiger charge is -2.46. The van der Waals surface area contributed by atoms with Crippen molar-refractivity contribution in [1.29, 1.82) is 0 Å². The van der Waals surface area contributed by atoms with Crippen LogP contribution in [0, 0.1) is 5.82 Å². The second-order valence-corrected chi connectivity index (χ2v) is 12.8. The predicted molar refractivity (Wildman–Crippen MR) is 143 cm³/mol. The Balaban J connectivity index is 1.22. The normalized spacial score (nSPS) is 18.4. The molecule has 2 aliphatic heterocycles. The first-order valence-electron chi connectivity index (χ1n) is 13.1. The SMILES string of the molecule is CC(N1CCC2(CCc3cc(-c4ccc(CS(=O)(=O)Cc5ccc(F)cc5)cc4)ccc3O2)CC1)C(F)(F)F. The van der Waals surface area contributed by atoms with Crippen LogP contribution in [-0.2, 0) is 27.8 Å². The third-order valence-corrected chi connectivity index (χ3v) is 9.49. The van der Waals surface area contributed by atoms with Gasteiger partial charge in [0.1, 0.15) is 23.2 Å². The number of nitrogens with zero attached hydrogens (tertiary/aromatic N) is 1. The van der Waals surface area contributed by atoms with E-state index >= 15 is 0 Å². The fourth-order valence-electron chi connectivity index (χ4n) is 5.51. The van der Waals surface area contributed by atoms with Gasteiger partial charge in [-0.05, 0) is 84.7 Å². The maximum Gasteiger partial charge on any atom is 0.403 e. The summed E-state index contributed by atoms with van der Waals surface area (Å²) in [7, 11) is -3.42. The van der Waals surface area contributed by atoms with E-state index in [1.807, 2.05) is 24.3 Å². The lowest BCUT2D eigenvalue weighted by atomic mass is 9.82. The zero-order valence-corrected chi connectivity index (χ0v) is 22.5. The number of ether oxygens (including phenoxy) is 1. The minimum atomic E-state index is -4.22. The van der Waals surface area contributed by atoms with E-state index in [0.29, 0.717) is 37.1 Å². The smallest absolute Gasteiger partial charge is 0.403 e. The van der Waals surface area contributed by atoms with Crippen molar-refractivity contribution in [3.63, 3.8) is 0 Å². The molecule has 1 unspecified atom stereocenters. The molecule has 1 saturated heterocycles. The molecule has 1 fully saturated rings. The van der Waals surface area contributed by atoms with E-state index in [1.165, 1.54) is 36.1 Å². The topological polar surface area (TPSA) is 46.6 Å². The first-order chi connectivity index (χ1) is 18.4.